The smallest absolute Gasteiger partial charge is 0.230 e. The number of rotatable bonds is 7. The number of amides is 1. The molecule has 0 saturated carbocycles. The number of aryl methyl sites for hydroxylation is 1. The van der Waals surface area contributed by atoms with Gasteiger partial charge in [-0.05, 0) is 24.2 Å². The number of aliphatic hydroxyl groups excluding tert-OH is 1. The normalized spacial score (nSPS) is 12.2. The van der Waals surface area contributed by atoms with Crippen LogP contribution < -0.4 is 5.32 Å². The molecule has 0 aliphatic rings. The fourth-order valence-corrected chi connectivity index (χ4v) is 2.28. The molecule has 18 heavy (non-hydrogen) atoms. The molecule has 1 aromatic rings. The fraction of sp³-hybridized carbons (Fsp3) is 0.500. The number of benzene rings is 1. The molecule has 1 aromatic carbocycles. The van der Waals surface area contributed by atoms with Gasteiger partial charge in [0.05, 0.1) is 5.75 Å². The average Bonchev–Trinajstić information content (AvgIpc) is 2.38. The number of hydrogen-bond acceptors (Lipinski definition) is 3. The van der Waals surface area contributed by atoms with Crippen LogP contribution in [-0.2, 0) is 11.3 Å². The SMILES string of the molecule is Cc1ccc(CNC(=O)CSCC(C)CO)cc1. The Kier molecular flexibility index (Phi) is 6.83. The zero-order valence-corrected chi connectivity index (χ0v) is 11.8. The van der Waals surface area contributed by atoms with E-state index in [0.29, 0.717) is 12.3 Å². The molecule has 4 heteroatoms. The van der Waals surface area contributed by atoms with E-state index in [1.54, 1.807) is 11.8 Å². The van der Waals surface area contributed by atoms with Crippen molar-refractivity contribution in [3.63, 3.8) is 0 Å². The molecule has 0 heterocycles. The summed E-state index contributed by atoms with van der Waals surface area (Å²) in [6.07, 6.45) is 0. The van der Waals surface area contributed by atoms with Gasteiger partial charge in [-0.2, -0.15) is 11.8 Å². The largest absolute Gasteiger partial charge is 0.396 e. The van der Waals surface area contributed by atoms with Crippen LogP contribution in [0, 0.1) is 12.8 Å². The predicted molar refractivity (Wildman–Crippen MR) is 76.6 cm³/mol. The van der Waals surface area contributed by atoms with Crippen LogP contribution in [0.2, 0.25) is 0 Å². The van der Waals surface area contributed by atoms with E-state index < -0.39 is 0 Å². The topological polar surface area (TPSA) is 49.3 Å². The minimum absolute atomic E-state index is 0.0470. The molecule has 2 N–H and O–H groups in total. The first-order valence-corrected chi connectivity index (χ1v) is 7.28. The summed E-state index contributed by atoms with van der Waals surface area (Å²) in [5, 5.41) is 11.7. The minimum Gasteiger partial charge on any atom is -0.396 e. The monoisotopic (exact) mass is 267 g/mol. The van der Waals surface area contributed by atoms with Gasteiger partial charge >= 0.3 is 0 Å². The molecule has 1 amide bonds. The Labute approximate surface area is 113 Å². The van der Waals surface area contributed by atoms with Crippen LogP contribution in [0.25, 0.3) is 0 Å². The van der Waals surface area contributed by atoms with Gasteiger partial charge in [0.2, 0.25) is 5.91 Å². The van der Waals surface area contributed by atoms with Crippen LogP contribution in [0.1, 0.15) is 18.1 Å². The highest BCUT2D eigenvalue weighted by Gasteiger charge is 2.04. The van der Waals surface area contributed by atoms with Gasteiger partial charge in [0.1, 0.15) is 0 Å². The first kappa shape index (κ1) is 15.1. The van der Waals surface area contributed by atoms with Crippen LogP contribution in [0.4, 0.5) is 0 Å². The van der Waals surface area contributed by atoms with Crippen LogP contribution >= 0.6 is 11.8 Å². The molecule has 0 bridgehead atoms. The van der Waals surface area contributed by atoms with E-state index in [0.717, 1.165) is 11.3 Å². The van der Waals surface area contributed by atoms with Crippen molar-refractivity contribution in [2.24, 2.45) is 5.92 Å². The van der Waals surface area contributed by atoms with Gasteiger partial charge in [0.15, 0.2) is 0 Å². The van der Waals surface area contributed by atoms with Crippen molar-refractivity contribution in [3.05, 3.63) is 35.4 Å². The maximum absolute atomic E-state index is 11.6. The second kappa shape index (κ2) is 8.16. The van der Waals surface area contributed by atoms with Crippen molar-refractivity contribution in [2.75, 3.05) is 18.1 Å². The lowest BCUT2D eigenvalue weighted by Gasteiger charge is -2.08. The van der Waals surface area contributed by atoms with Gasteiger partial charge < -0.3 is 10.4 Å². The highest BCUT2D eigenvalue weighted by Crippen LogP contribution is 2.07. The minimum atomic E-state index is 0.0470. The van der Waals surface area contributed by atoms with E-state index in [-0.39, 0.29) is 18.4 Å². The Hall–Kier alpha value is -1.00. The summed E-state index contributed by atoms with van der Waals surface area (Å²) in [6, 6.07) is 8.13. The molecule has 0 aliphatic heterocycles. The van der Waals surface area contributed by atoms with Crippen LogP contribution in [0.3, 0.4) is 0 Å². The van der Waals surface area contributed by atoms with Gasteiger partial charge in [-0.3, -0.25) is 4.79 Å². The molecular formula is C14H21NO2S. The summed E-state index contributed by atoms with van der Waals surface area (Å²) < 4.78 is 0. The number of aliphatic hydroxyl groups is 1. The Morgan fingerprint density at radius 1 is 1.39 bits per heavy atom. The van der Waals surface area contributed by atoms with Crippen molar-refractivity contribution in [1.82, 2.24) is 5.32 Å². The molecule has 0 saturated heterocycles. The van der Waals surface area contributed by atoms with Crippen molar-refractivity contribution >= 4 is 17.7 Å². The molecule has 0 fully saturated rings. The summed E-state index contributed by atoms with van der Waals surface area (Å²) in [7, 11) is 0. The van der Waals surface area contributed by atoms with Crippen LogP contribution in [-0.4, -0.2) is 29.1 Å². The second-order valence-electron chi connectivity index (χ2n) is 4.57. The third-order valence-electron chi connectivity index (χ3n) is 2.56. The van der Waals surface area contributed by atoms with Gasteiger partial charge in [0, 0.05) is 13.2 Å². The summed E-state index contributed by atoms with van der Waals surface area (Å²) in [5.74, 6) is 1.57. The van der Waals surface area contributed by atoms with E-state index in [1.165, 1.54) is 5.56 Å². The number of thioether (sulfide) groups is 1. The summed E-state index contributed by atoms with van der Waals surface area (Å²) in [4.78, 5) is 11.6. The van der Waals surface area contributed by atoms with Crippen molar-refractivity contribution in [3.8, 4) is 0 Å². The highest BCUT2D eigenvalue weighted by atomic mass is 32.2. The lowest BCUT2D eigenvalue weighted by molar-refractivity contribution is -0.118. The van der Waals surface area contributed by atoms with Crippen LogP contribution in [0.5, 0.6) is 0 Å². The first-order chi connectivity index (χ1) is 8.61. The van der Waals surface area contributed by atoms with Gasteiger partial charge in [-0.1, -0.05) is 36.8 Å². The first-order valence-electron chi connectivity index (χ1n) is 6.12. The Morgan fingerprint density at radius 2 is 2.06 bits per heavy atom. The van der Waals surface area contributed by atoms with Gasteiger partial charge in [0.25, 0.3) is 0 Å². The lowest BCUT2D eigenvalue weighted by atomic mass is 10.1. The van der Waals surface area contributed by atoms with E-state index in [2.05, 4.69) is 5.32 Å². The van der Waals surface area contributed by atoms with E-state index in [4.69, 9.17) is 5.11 Å². The molecule has 1 rings (SSSR count). The summed E-state index contributed by atoms with van der Waals surface area (Å²) in [6.45, 7) is 4.77. The third kappa shape index (κ3) is 6.07. The molecule has 0 aromatic heterocycles. The lowest BCUT2D eigenvalue weighted by Crippen LogP contribution is -2.25. The van der Waals surface area contributed by atoms with E-state index in [9.17, 15) is 4.79 Å². The van der Waals surface area contributed by atoms with Crippen LogP contribution in [0.15, 0.2) is 24.3 Å². The number of carbonyl (C=O) groups is 1. The fourth-order valence-electron chi connectivity index (χ4n) is 1.36. The predicted octanol–water partition coefficient (Wildman–Crippen LogP) is 1.97. The maximum atomic E-state index is 11.6. The van der Waals surface area contributed by atoms with Crippen molar-refractivity contribution < 1.29 is 9.90 Å². The number of carbonyl (C=O) groups excluding carboxylic acids is 1. The quantitative estimate of drug-likeness (QED) is 0.794. The zero-order valence-electron chi connectivity index (χ0n) is 11.0. The Bertz CT molecular complexity index is 365. The Balaban J connectivity index is 2.19. The van der Waals surface area contributed by atoms with E-state index in [1.807, 2.05) is 38.1 Å². The molecule has 1 atom stereocenters. The zero-order chi connectivity index (χ0) is 13.4. The molecule has 0 spiro atoms. The highest BCUT2D eigenvalue weighted by molar-refractivity contribution is 7.99. The molecule has 1 unspecified atom stereocenters. The van der Waals surface area contributed by atoms with Crippen molar-refractivity contribution in [1.29, 1.82) is 0 Å². The van der Waals surface area contributed by atoms with Gasteiger partial charge in [-0.15, -0.1) is 0 Å². The summed E-state index contributed by atoms with van der Waals surface area (Å²) in [5.41, 5.74) is 2.33. The van der Waals surface area contributed by atoms with Gasteiger partial charge in [-0.25, -0.2) is 0 Å². The van der Waals surface area contributed by atoms with Crippen molar-refractivity contribution in [2.45, 2.75) is 20.4 Å². The Morgan fingerprint density at radius 3 is 2.67 bits per heavy atom. The molecular weight excluding hydrogens is 246 g/mol. The third-order valence-corrected chi connectivity index (χ3v) is 3.83. The molecule has 0 radical (unpaired) electrons. The average molecular weight is 267 g/mol. The molecule has 3 nitrogen and oxygen atoms in total. The molecule has 100 valence electrons. The summed E-state index contributed by atoms with van der Waals surface area (Å²) >= 11 is 1.56. The standard InChI is InChI=1S/C14H21NO2S/c1-11-3-5-13(6-4-11)7-15-14(17)10-18-9-12(2)8-16/h3-6,12,16H,7-10H2,1-2H3,(H,15,17). The number of nitrogens with one attached hydrogen (secondary N) is 1. The maximum Gasteiger partial charge on any atom is 0.230 e. The number of hydrogen-bond donors (Lipinski definition) is 2. The van der Waals surface area contributed by atoms with E-state index >= 15 is 0 Å². The second-order valence-corrected chi connectivity index (χ2v) is 5.60. The molecule has 0 aliphatic carbocycles.